The Bertz CT molecular complexity index is 427. The van der Waals surface area contributed by atoms with Crippen molar-refractivity contribution in [3.63, 3.8) is 0 Å². The van der Waals surface area contributed by atoms with Crippen molar-refractivity contribution >= 4 is 18.1 Å². The van der Waals surface area contributed by atoms with E-state index in [0.717, 1.165) is 0 Å². The van der Waals surface area contributed by atoms with E-state index >= 15 is 0 Å². The zero-order valence-electron chi connectivity index (χ0n) is 7.18. The van der Waals surface area contributed by atoms with Gasteiger partial charge in [0.25, 0.3) is 5.91 Å². The molecule has 4 heteroatoms. The highest BCUT2D eigenvalue weighted by atomic mass is 16.4. The van der Waals surface area contributed by atoms with Crippen molar-refractivity contribution in [2.75, 3.05) is 0 Å². The van der Waals surface area contributed by atoms with Crippen LogP contribution in [0.1, 0.15) is 0 Å². The molecule has 2 rings (SSSR count). The van der Waals surface area contributed by atoms with Crippen LogP contribution in [0.25, 0.3) is 0 Å². The fraction of sp³-hybridized carbons (Fsp3) is 0.100. The van der Waals surface area contributed by atoms with Gasteiger partial charge in [-0.15, -0.1) is 0 Å². The summed E-state index contributed by atoms with van der Waals surface area (Å²) in [5.41, 5.74) is 0.891. The summed E-state index contributed by atoms with van der Waals surface area (Å²) >= 11 is 0. The minimum absolute atomic E-state index is 0.377. The first kappa shape index (κ1) is 8.62. The van der Waals surface area contributed by atoms with Gasteiger partial charge >= 0.3 is 5.97 Å². The highest BCUT2D eigenvalue weighted by Gasteiger charge is 2.28. The normalized spacial score (nSPS) is 24.0. The molecule has 70 valence electrons. The molecule has 0 spiro atoms. The van der Waals surface area contributed by atoms with Crippen molar-refractivity contribution in [3.05, 3.63) is 35.5 Å². The van der Waals surface area contributed by atoms with Crippen molar-refractivity contribution in [1.29, 1.82) is 0 Å². The molecule has 0 bridgehead atoms. The second kappa shape index (κ2) is 3.06. The van der Waals surface area contributed by atoms with Gasteiger partial charge in [-0.3, -0.25) is 9.59 Å². The van der Waals surface area contributed by atoms with Gasteiger partial charge in [0.15, 0.2) is 0 Å². The number of aliphatic imine (C=N–C) groups is 1. The number of carbonyl (C=O) groups is 2. The predicted molar refractivity (Wildman–Crippen MR) is 49.9 cm³/mol. The number of aliphatic carboxylic acids is 1. The quantitative estimate of drug-likeness (QED) is 0.660. The molecular weight excluding hydrogens is 182 g/mol. The largest absolute Gasteiger partial charge is 0.481 e. The van der Waals surface area contributed by atoms with Crippen molar-refractivity contribution in [3.8, 4) is 0 Å². The lowest BCUT2D eigenvalue weighted by atomic mass is 9.86. The molecule has 1 aliphatic carbocycles. The number of carboxylic acid groups (broad SMARTS) is 1. The first-order valence-corrected chi connectivity index (χ1v) is 4.10. The number of hydrogen-bond acceptors (Lipinski definition) is 2. The Morgan fingerprint density at radius 3 is 2.93 bits per heavy atom. The first-order chi connectivity index (χ1) is 6.70. The second-order valence-corrected chi connectivity index (χ2v) is 2.99. The predicted octanol–water partition coefficient (Wildman–Crippen LogP) is 0.721. The van der Waals surface area contributed by atoms with E-state index in [4.69, 9.17) is 5.11 Å². The number of nitrogens with zero attached hydrogens (tertiary/aromatic N) is 1. The van der Waals surface area contributed by atoms with Crippen molar-refractivity contribution in [1.82, 2.24) is 0 Å². The van der Waals surface area contributed by atoms with E-state index in [0.29, 0.717) is 11.1 Å². The standard InChI is InChI=1S/C10H7NO3/c12-9-7-2-1-3-8(10(13)14)6(7)4-5-11-9/h1-5,8H,(H,13,14). The molecule has 1 heterocycles. The van der Waals surface area contributed by atoms with E-state index in [1.165, 1.54) is 6.21 Å². The maximum atomic E-state index is 11.3. The van der Waals surface area contributed by atoms with Crippen LogP contribution in [0, 0.1) is 5.92 Å². The summed E-state index contributed by atoms with van der Waals surface area (Å²) < 4.78 is 0. The molecule has 1 N–H and O–H groups in total. The molecule has 0 fully saturated rings. The lowest BCUT2D eigenvalue weighted by Gasteiger charge is -2.18. The zero-order valence-corrected chi connectivity index (χ0v) is 7.18. The summed E-state index contributed by atoms with van der Waals surface area (Å²) in [6.45, 7) is 0. The number of rotatable bonds is 1. The molecule has 0 saturated heterocycles. The fourth-order valence-electron chi connectivity index (χ4n) is 1.49. The van der Waals surface area contributed by atoms with Crippen molar-refractivity contribution in [2.45, 2.75) is 0 Å². The third-order valence-corrected chi connectivity index (χ3v) is 2.15. The zero-order chi connectivity index (χ0) is 10.1. The molecule has 0 aromatic heterocycles. The van der Waals surface area contributed by atoms with E-state index < -0.39 is 11.9 Å². The van der Waals surface area contributed by atoms with Gasteiger partial charge in [-0.2, -0.15) is 0 Å². The van der Waals surface area contributed by atoms with Gasteiger partial charge in [-0.1, -0.05) is 12.2 Å². The van der Waals surface area contributed by atoms with Crippen LogP contribution in [0.3, 0.4) is 0 Å². The van der Waals surface area contributed by atoms with Gasteiger partial charge in [0.2, 0.25) is 0 Å². The second-order valence-electron chi connectivity index (χ2n) is 2.99. The molecular formula is C10H7NO3. The molecule has 1 aliphatic heterocycles. The molecule has 14 heavy (non-hydrogen) atoms. The van der Waals surface area contributed by atoms with E-state index in [-0.39, 0.29) is 5.91 Å². The van der Waals surface area contributed by atoms with Crippen LogP contribution in [0.15, 0.2) is 40.4 Å². The number of amides is 1. The Morgan fingerprint density at radius 2 is 2.21 bits per heavy atom. The van der Waals surface area contributed by atoms with Crippen LogP contribution >= 0.6 is 0 Å². The number of fused-ring (bicyclic) bond motifs is 1. The maximum absolute atomic E-state index is 11.3. The first-order valence-electron chi connectivity index (χ1n) is 4.10. The fourth-order valence-corrected chi connectivity index (χ4v) is 1.49. The van der Waals surface area contributed by atoms with Crippen molar-refractivity contribution in [2.24, 2.45) is 10.9 Å². The summed E-state index contributed by atoms with van der Waals surface area (Å²) in [5.74, 6) is -2.06. The Labute approximate surface area is 80.0 Å². The Morgan fingerprint density at radius 1 is 1.43 bits per heavy atom. The van der Waals surface area contributed by atoms with Gasteiger partial charge < -0.3 is 5.11 Å². The lowest BCUT2D eigenvalue weighted by Crippen LogP contribution is -2.21. The van der Waals surface area contributed by atoms with Crippen LogP contribution in [-0.2, 0) is 9.59 Å². The Hall–Kier alpha value is -1.97. The van der Waals surface area contributed by atoms with E-state index in [2.05, 4.69) is 4.99 Å². The average Bonchev–Trinajstić information content (AvgIpc) is 2.17. The molecule has 4 nitrogen and oxygen atoms in total. The van der Waals surface area contributed by atoms with Crippen LogP contribution in [0.2, 0.25) is 0 Å². The highest BCUT2D eigenvalue weighted by Crippen LogP contribution is 2.28. The van der Waals surface area contributed by atoms with E-state index in [9.17, 15) is 9.59 Å². The summed E-state index contributed by atoms with van der Waals surface area (Å²) in [5, 5.41) is 8.89. The Balaban J connectivity index is 2.47. The number of hydrogen-bond donors (Lipinski definition) is 1. The summed E-state index contributed by atoms with van der Waals surface area (Å²) in [6.07, 6.45) is 7.61. The summed E-state index contributed by atoms with van der Waals surface area (Å²) in [4.78, 5) is 25.7. The smallest absolute Gasteiger partial charge is 0.314 e. The maximum Gasteiger partial charge on any atom is 0.314 e. The molecule has 1 atom stereocenters. The van der Waals surface area contributed by atoms with Gasteiger partial charge in [-0.05, 0) is 17.7 Å². The van der Waals surface area contributed by atoms with Crippen LogP contribution in [0.4, 0.5) is 0 Å². The lowest BCUT2D eigenvalue weighted by molar-refractivity contribution is -0.138. The number of carboxylic acids is 1. The topological polar surface area (TPSA) is 66.7 Å². The number of carbonyl (C=O) groups excluding carboxylic acids is 1. The minimum atomic E-state index is -0.957. The highest BCUT2D eigenvalue weighted by molar-refractivity contribution is 6.09. The minimum Gasteiger partial charge on any atom is -0.481 e. The summed E-state index contributed by atoms with van der Waals surface area (Å²) in [7, 11) is 0. The molecule has 0 saturated carbocycles. The van der Waals surface area contributed by atoms with E-state index in [1.54, 1.807) is 24.3 Å². The summed E-state index contributed by atoms with van der Waals surface area (Å²) in [6, 6.07) is 0. The van der Waals surface area contributed by atoms with Crippen LogP contribution < -0.4 is 0 Å². The molecule has 1 amide bonds. The molecule has 0 radical (unpaired) electrons. The Kier molecular flexibility index (Phi) is 1.89. The SMILES string of the molecule is O=C1N=CC=C2C1=CC=CC2C(=O)O. The molecule has 1 unspecified atom stereocenters. The van der Waals surface area contributed by atoms with Gasteiger partial charge in [0.05, 0.1) is 0 Å². The molecule has 0 aromatic rings. The average molecular weight is 189 g/mol. The van der Waals surface area contributed by atoms with E-state index in [1.807, 2.05) is 0 Å². The third kappa shape index (κ3) is 1.21. The van der Waals surface area contributed by atoms with Crippen LogP contribution in [-0.4, -0.2) is 23.2 Å². The monoisotopic (exact) mass is 189 g/mol. The molecule has 0 aromatic carbocycles. The van der Waals surface area contributed by atoms with Crippen molar-refractivity contribution < 1.29 is 14.7 Å². The van der Waals surface area contributed by atoms with Crippen LogP contribution in [0.5, 0.6) is 0 Å². The molecule has 2 aliphatic rings. The third-order valence-electron chi connectivity index (χ3n) is 2.15. The van der Waals surface area contributed by atoms with Gasteiger partial charge in [-0.25, -0.2) is 4.99 Å². The van der Waals surface area contributed by atoms with Gasteiger partial charge in [0, 0.05) is 11.8 Å². The number of dihydropyridines is 1. The number of allylic oxidation sites excluding steroid dienone is 3. The van der Waals surface area contributed by atoms with Gasteiger partial charge in [0.1, 0.15) is 5.92 Å².